The summed E-state index contributed by atoms with van der Waals surface area (Å²) in [7, 11) is 4.85. The van der Waals surface area contributed by atoms with Crippen molar-refractivity contribution in [3.63, 3.8) is 0 Å². The first-order valence-corrected chi connectivity index (χ1v) is 25.8. The van der Waals surface area contributed by atoms with Crippen molar-refractivity contribution in [1.82, 2.24) is 39.2 Å². The molecule has 12 rings (SSSR count). The van der Waals surface area contributed by atoms with Gasteiger partial charge in [0.25, 0.3) is 10.4 Å². The van der Waals surface area contributed by atoms with Gasteiger partial charge in [0.05, 0.1) is 67.5 Å². The van der Waals surface area contributed by atoms with E-state index in [-0.39, 0.29) is 0 Å². The second-order valence-corrected chi connectivity index (χ2v) is 20.5. The van der Waals surface area contributed by atoms with Crippen LogP contribution in [-0.4, -0.2) is 80.2 Å². The summed E-state index contributed by atoms with van der Waals surface area (Å²) in [5.74, 6) is 4.53. The SMILES string of the molecule is COc1cc(OCc2csc(C3CCCC(COc4nn5cc(-c6cc7c(OCc8csc(N9CCCCC9)n8)cc(OC)cc7o6)nc5s4)C3)n2)c2cc(-c3cn4nc(OC)sc4n3)oc2c1. The number of piperidine rings is 1. The molecule has 2 unspecified atom stereocenters. The van der Waals surface area contributed by atoms with Crippen LogP contribution in [0.5, 0.6) is 33.4 Å². The van der Waals surface area contributed by atoms with Gasteiger partial charge in [0.2, 0.25) is 9.92 Å². The first-order valence-electron chi connectivity index (χ1n) is 22.4. The van der Waals surface area contributed by atoms with Gasteiger partial charge in [-0.1, -0.05) is 6.42 Å². The molecular weight excluding hydrogens is 947 g/mol. The van der Waals surface area contributed by atoms with E-state index in [9.17, 15) is 0 Å². The van der Waals surface area contributed by atoms with Crippen molar-refractivity contribution in [3.8, 4) is 56.3 Å². The van der Waals surface area contributed by atoms with E-state index in [2.05, 4.69) is 25.7 Å². The van der Waals surface area contributed by atoms with Crippen LogP contribution < -0.4 is 33.3 Å². The molecule has 1 saturated carbocycles. The van der Waals surface area contributed by atoms with Crippen molar-refractivity contribution in [2.24, 2.45) is 5.92 Å². The number of ether oxygens (including phenoxy) is 6. The lowest BCUT2D eigenvalue weighted by molar-refractivity contribution is 0.195. The minimum atomic E-state index is 0.310. The molecule has 9 heterocycles. The van der Waals surface area contributed by atoms with Crippen LogP contribution in [0.1, 0.15) is 67.3 Å². The third kappa shape index (κ3) is 8.56. The number of imidazole rings is 2. The predicted octanol–water partition coefficient (Wildman–Crippen LogP) is 11.2. The van der Waals surface area contributed by atoms with E-state index in [1.54, 1.807) is 53.0 Å². The Morgan fingerprint density at radius 1 is 0.632 bits per heavy atom. The molecule has 2 fully saturated rings. The molecule has 2 aromatic carbocycles. The second-order valence-electron chi connectivity index (χ2n) is 16.9. The fourth-order valence-electron chi connectivity index (χ4n) is 8.96. The molecular formula is C47H45N9O8S4. The summed E-state index contributed by atoms with van der Waals surface area (Å²) < 4.78 is 51.5. The number of rotatable bonds is 16. The number of anilines is 1. The summed E-state index contributed by atoms with van der Waals surface area (Å²) >= 11 is 6.14. The molecule has 1 aliphatic heterocycles. The van der Waals surface area contributed by atoms with E-state index in [0.717, 1.165) is 76.0 Å². The summed E-state index contributed by atoms with van der Waals surface area (Å²) in [4.78, 5) is 23.3. The Morgan fingerprint density at radius 2 is 1.25 bits per heavy atom. The number of nitrogens with zero attached hydrogens (tertiary/aromatic N) is 9. The molecule has 8 aromatic heterocycles. The molecule has 350 valence electrons. The number of methoxy groups -OCH3 is 3. The van der Waals surface area contributed by atoms with Gasteiger partial charge in [0.15, 0.2) is 16.7 Å². The minimum Gasteiger partial charge on any atom is -0.496 e. The van der Waals surface area contributed by atoms with Crippen molar-refractivity contribution in [1.29, 1.82) is 0 Å². The standard InChI is InChI=1S/C47H45N9O8S4/c1-57-30-13-36(32-17-40(63-38(32)15-30)34-19-55-44(50-34)67-46(52-55)59-3)60-22-28-24-65-42(48-28)27-9-7-8-26(12-27)21-62-47-53-56-20-35(51-45(56)68-47)41-18-33-37(14-31(58-2)16-39(33)64-41)61-23-29-25-66-43(49-29)54-10-5-4-6-11-54/h13-20,24-27H,4-12,21-23H2,1-3H3. The van der Waals surface area contributed by atoms with Crippen LogP contribution in [0.25, 0.3) is 54.8 Å². The first kappa shape index (κ1) is 42.9. The van der Waals surface area contributed by atoms with Crippen molar-refractivity contribution < 1.29 is 37.3 Å². The molecule has 1 aliphatic carbocycles. The van der Waals surface area contributed by atoms with E-state index in [4.69, 9.17) is 57.3 Å². The molecule has 0 radical (unpaired) electrons. The van der Waals surface area contributed by atoms with E-state index in [1.807, 2.05) is 48.8 Å². The molecule has 2 aliphatic rings. The average molecular weight is 992 g/mol. The summed E-state index contributed by atoms with van der Waals surface area (Å²) in [5, 5.41) is 18.3. The highest BCUT2D eigenvalue weighted by molar-refractivity contribution is 7.18. The van der Waals surface area contributed by atoms with Crippen LogP contribution in [0.4, 0.5) is 5.13 Å². The van der Waals surface area contributed by atoms with Crippen molar-refractivity contribution >= 4 is 82.3 Å². The maximum Gasteiger partial charge on any atom is 0.294 e. The molecule has 2 atom stereocenters. The first-order chi connectivity index (χ1) is 33.4. The third-order valence-corrected chi connectivity index (χ3v) is 16.1. The van der Waals surface area contributed by atoms with E-state index >= 15 is 0 Å². The van der Waals surface area contributed by atoms with Crippen molar-refractivity contribution in [3.05, 3.63) is 75.9 Å². The fourth-order valence-corrected chi connectivity index (χ4v) is 12.2. The highest BCUT2D eigenvalue weighted by Gasteiger charge is 2.27. The molecule has 1 saturated heterocycles. The number of fused-ring (bicyclic) bond motifs is 4. The third-order valence-electron chi connectivity index (χ3n) is 12.4. The Labute approximate surface area is 404 Å². The van der Waals surface area contributed by atoms with Crippen LogP contribution in [0.15, 0.2) is 68.4 Å². The molecule has 21 heteroatoms. The highest BCUT2D eigenvalue weighted by atomic mass is 32.1. The van der Waals surface area contributed by atoms with Gasteiger partial charge in [-0.25, -0.2) is 29.0 Å². The summed E-state index contributed by atoms with van der Waals surface area (Å²) in [6.45, 7) is 3.35. The molecule has 0 amide bonds. The van der Waals surface area contributed by atoms with Gasteiger partial charge >= 0.3 is 0 Å². The quantitative estimate of drug-likeness (QED) is 0.0895. The van der Waals surface area contributed by atoms with Crippen LogP contribution >= 0.6 is 45.3 Å². The molecule has 17 nitrogen and oxygen atoms in total. The molecule has 10 aromatic rings. The minimum absolute atomic E-state index is 0.310. The lowest BCUT2D eigenvalue weighted by atomic mass is 9.82. The summed E-state index contributed by atoms with van der Waals surface area (Å²) in [6.07, 6.45) is 11.7. The Hall–Kier alpha value is -6.42. The number of benzene rings is 2. The predicted molar refractivity (Wildman–Crippen MR) is 261 cm³/mol. The molecule has 0 spiro atoms. The van der Waals surface area contributed by atoms with Gasteiger partial charge in [-0.2, -0.15) is 0 Å². The Kier molecular flexibility index (Phi) is 11.5. The van der Waals surface area contributed by atoms with Crippen molar-refractivity contribution in [2.45, 2.75) is 64.1 Å². The van der Waals surface area contributed by atoms with Crippen LogP contribution in [0.2, 0.25) is 0 Å². The number of hydrogen-bond acceptors (Lipinski definition) is 19. The number of furan rings is 2. The zero-order valence-corrected chi connectivity index (χ0v) is 40.6. The zero-order valence-electron chi connectivity index (χ0n) is 37.3. The van der Waals surface area contributed by atoms with E-state index in [1.165, 1.54) is 41.9 Å². The lowest BCUT2D eigenvalue weighted by Crippen LogP contribution is -2.29. The summed E-state index contributed by atoms with van der Waals surface area (Å²) in [5.41, 5.74) is 4.40. The van der Waals surface area contributed by atoms with E-state index in [0.29, 0.717) is 104 Å². The van der Waals surface area contributed by atoms with Gasteiger partial charge in [-0.05, 0) is 79.2 Å². The average Bonchev–Trinajstić information content (AvgIpc) is 4.22. The maximum absolute atomic E-state index is 6.40. The van der Waals surface area contributed by atoms with Gasteiger partial charge in [0, 0.05) is 54.0 Å². The highest BCUT2D eigenvalue weighted by Crippen LogP contribution is 2.42. The van der Waals surface area contributed by atoms with Gasteiger partial charge in [-0.3, -0.25) is 0 Å². The summed E-state index contributed by atoms with van der Waals surface area (Å²) in [6, 6.07) is 11.4. The van der Waals surface area contributed by atoms with Crippen LogP contribution in [0, 0.1) is 5.92 Å². The number of aromatic nitrogens is 8. The number of thiazole rings is 2. The number of hydrogen-bond donors (Lipinski definition) is 0. The van der Waals surface area contributed by atoms with Gasteiger partial charge < -0.3 is 42.2 Å². The van der Waals surface area contributed by atoms with Gasteiger partial charge in [-0.15, -0.1) is 32.9 Å². The molecule has 0 N–H and O–H groups in total. The molecule has 0 bridgehead atoms. The topological polar surface area (TPSA) is 171 Å². The zero-order chi connectivity index (χ0) is 45.7. The Balaban J connectivity index is 0.669. The maximum atomic E-state index is 6.40. The fraction of sp³-hybridized carbons (Fsp3) is 0.362. The monoisotopic (exact) mass is 991 g/mol. The Morgan fingerprint density at radius 3 is 1.88 bits per heavy atom. The van der Waals surface area contributed by atoms with Gasteiger partial charge in [0.1, 0.15) is 58.8 Å². The Bertz CT molecular complexity index is 3330. The largest absolute Gasteiger partial charge is 0.496 e. The van der Waals surface area contributed by atoms with E-state index < -0.39 is 0 Å². The second kappa shape index (κ2) is 18.2. The normalized spacial score (nSPS) is 16.7. The lowest BCUT2D eigenvalue weighted by Gasteiger charge is -2.27. The van der Waals surface area contributed by atoms with Crippen LogP contribution in [0.3, 0.4) is 0 Å². The molecule has 68 heavy (non-hydrogen) atoms. The smallest absolute Gasteiger partial charge is 0.294 e. The van der Waals surface area contributed by atoms with Crippen molar-refractivity contribution in [2.75, 3.05) is 45.9 Å². The van der Waals surface area contributed by atoms with Crippen LogP contribution in [-0.2, 0) is 13.2 Å².